The van der Waals surface area contributed by atoms with Gasteiger partial charge < -0.3 is 15.4 Å². The molecule has 0 aromatic heterocycles. The zero-order valence-corrected chi connectivity index (χ0v) is 12.0. The van der Waals surface area contributed by atoms with Crippen molar-refractivity contribution < 1.29 is 9.53 Å². The second kappa shape index (κ2) is 8.48. The SMILES string of the molecule is CCNC1CCC(OCC(=O)NCC(C)C)CC1. The molecule has 2 N–H and O–H groups in total. The molecule has 0 unspecified atom stereocenters. The van der Waals surface area contributed by atoms with Crippen molar-refractivity contribution in [2.24, 2.45) is 5.92 Å². The van der Waals surface area contributed by atoms with Crippen LogP contribution in [0.1, 0.15) is 46.5 Å². The van der Waals surface area contributed by atoms with E-state index in [4.69, 9.17) is 4.74 Å². The molecule has 18 heavy (non-hydrogen) atoms. The monoisotopic (exact) mass is 256 g/mol. The van der Waals surface area contributed by atoms with Gasteiger partial charge >= 0.3 is 0 Å². The Bertz CT molecular complexity index is 236. The average Bonchev–Trinajstić information content (AvgIpc) is 2.36. The molecule has 0 saturated heterocycles. The number of carbonyl (C=O) groups is 1. The Morgan fingerprint density at radius 3 is 2.50 bits per heavy atom. The van der Waals surface area contributed by atoms with E-state index in [2.05, 4.69) is 31.4 Å². The summed E-state index contributed by atoms with van der Waals surface area (Å²) >= 11 is 0. The normalized spacial score (nSPS) is 24.2. The largest absolute Gasteiger partial charge is 0.368 e. The van der Waals surface area contributed by atoms with Gasteiger partial charge in [0.15, 0.2) is 0 Å². The maximum Gasteiger partial charge on any atom is 0.246 e. The van der Waals surface area contributed by atoms with Crippen molar-refractivity contribution in [2.75, 3.05) is 19.7 Å². The van der Waals surface area contributed by atoms with Gasteiger partial charge in [-0.25, -0.2) is 0 Å². The van der Waals surface area contributed by atoms with Crippen molar-refractivity contribution in [3.05, 3.63) is 0 Å². The molecule has 1 aliphatic carbocycles. The second-order valence-electron chi connectivity index (χ2n) is 5.54. The third kappa shape index (κ3) is 6.36. The van der Waals surface area contributed by atoms with Crippen LogP contribution in [-0.2, 0) is 9.53 Å². The van der Waals surface area contributed by atoms with E-state index in [1.807, 2.05) is 0 Å². The van der Waals surface area contributed by atoms with Crippen molar-refractivity contribution in [3.63, 3.8) is 0 Å². The summed E-state index contributed by atoms with van der Waals surface area (Å²) in [5, 5.41) is 6.34. The highest BCUT2D eigenvalue weighted by molar-refractivity contribution is 5.77. The molecule has 1 rings (SSSR count). The molecular weight excluding hydrogens is 228 g/mol. The second-order valence-corrected chi connectivity index (χ2v) is 5.54. The van der Waals surface area contributed by atoms with Gasteiger partial charge in [-0.15, -0.1) is 0 Å². The van der Waals surface area contributed by atoms with E-state index in [0.29, 0.717) is 12.0 Å². The van der Waals surface area contributed by atoms with E-state index >= 15 is 0 Å². The fourth-order valence-corrected chi connectivity index (χ4v) is 2.28. The summed E-state index contributed by atoms with van der Waals surface area (Å²) < 4.78 is 5.66. The lowest BCUT2D eigenvalue weighted by Crippen LogP contribution is -2.37. The van der Waals surface area contributed by atoms with Gasteiger partial charge in [-0.3, -0.25) is 4.79 Å². The molecule has 0 bridgehead atoms. The summed E-state index contributed by atoms with van der Waals surface area (Å²) in [5.41, 5.74) is 0. The number of rotatable bonds is 7. The molecule has 0 heterocycles. The Kier molecular flexibility index (Phi) is 7.28. The first-order valence-electron chi connectivity index (χ1n) is 7.23. The molecule has 1 amide bonds. The van der Waals surface area contributed by atoms with Gasteiger partial charge in [-0.1, -0.05) is 20.8 Å². The Morgan fingerprint density at radius 2 is 1.94 bits per heavy atom. The fourth-order valence-electron chi connectivity index (χ4n) is 2.28. The first kappa shape index (κ1) is 15.4. The summed E-state index contributed by atoms with van der Waals surface area (Å²) in [4.78, 5) is 11.5. The van der Waals surface area contributed by atoms with Crippen molar-refractivity contribution >= 4 is 5.91 Å². The van der Waals surface area contributed by atoms with Crippen LogP contribution in [-0.4, -0.2) is 37.7 Å². The number of amides is 1. The molecule has 1 saturated carbocycles. The standard InChI is InChI=1S/C14H28N2O2/c1-4-15-12-5-7-13(8-6-12)18-10-14(17)16-9-11(2)3/h11-13,15H,4-10H2,1-3H3,(H,16,17). The molecule has 0 aromatic carbocycles. The van der Waals surface area contributed by atoms with E-state index in [1.54, 1.807) is 0 Å². The molecule has 4 heteroatoms. The van der Waals surface area contributed by atoms with Gasteiger partial charge in [-0.05, 0) is 38.1 Å². The zero-order chi connectivity index (χ0) is 13.4. The van der Waals surface area contributed by atoms with Crippen molar-refractivity contribution in [3.8, 4) is 0 Å². The predicted molar refractivity (Wildman–Crippen MR) is 73.5 cm³/mol. The minimum atomic E-state index is 0.0116. The molecule has 0 radical (unpaired) electrons. The number of hydrogen-bond donors (Lipinski definition) is 2. The van der Waals surface area contributed by atoms with Crippen LogP contribution in [0.3, 0.4) is 0 Å². The molecule has 0 atom stereocenters. The van der Waals surface area contributed by atoms with Gasteiger partial charge in [0.1, 0.15) is 6.61 Å². The van der Waals surface area contributed by atoms with Crippen LogP contribution in [0.25, 0.3) is 0 Å². The predicted octanol–water partition coefficient (Wildman–Crippen LogP) is 1.70. The van der Waals surface area contributed by atoms with E-state index in [-0.39, 0.29) is 18.6 Å². The van der Waals surface area contributed by atoms with Gasteiger partial charge in [0.25, 0.3) is 0 Å². The molecule has 106 valence electrons. The summed E-state index contributed by atoms with van der Waals surface area (Å²) in [7, 11) is 0. The lowest BCUT2D eigenvalue weighted by atomic mass is 9.93. The van der Waals surface area contributed by atoms with E-state index in [0.717, 1.165) is 38.8 Å². The van der Waals surface area contributed by atoms with Crippen LogP contribution in [0.15, 0.2) is 0 Å². The summed E-state index contributed by atoms with van der Waals surface area (Å²) in [6.07, 6.45) is 4.72. The highest BCUT2D eigenvalue weighted by Crippen LogP contribution is 2.20. The summed E-state index contributed by atoms with van der Waals surface area (Å²) in [6, 6.07) is 0.643. The smallest absolute Gasteiger partial charge is 0.246 e. The maximum absolute atomic E-state index is 11.5. The topological polar surface area (TPSA) is 50.4 Å². The number of nitrogens with one attached hydrogen (secondary N) is 2. The summed E-state index contributed by atoms with van der Waals surface area (Å²) in [5.74, 6) is 0.502. The van der Waals surface area contributed by atoms with Gasteiger partial charge in [0.05, 0.1) is 6.10 Å². The minimum absolute atomic E-state index is 0.0116. The minimum Gasteiger partial charge on any atom is -0.368 e. The van der Waals surface area contributed by atoms with Gasteiger partial charge in [-0.2, -0.15) is 0 Å². The lowest BCUT2D eigenvalue weighted by Gasteiger charge is -2.28. The van der Waals surface area contributed by atoms with Gasteiger partial charge in [0, 0.05) is 12.6 Å². The van der Waals surface area contributed by atoms with Crippen LogP contribution >= 0.6 is 0 Å². The number of carbonyl (C=O) groups excluding carboxylic acids is 1. The average molecular weight is 256 g/mol. The maximum atomic E-state index is 11.5. The van der Waals surface area contributed by atoms with Gasteiger partial charge in [0.2, 0.25) is 5.91 Å². The highest BCUT2D eigenvalue weighted by atomic mass is 16.5. The van der Waals surface area contributed by atoms with Crippen LogP contribution in [0.2, 0.25) is 0 Å². The Morgan fingerprint density at radius 1 is 1.28 bits per heavy atom. The molecule has 4 nitrogen and oxygen atoms in total. The molecule has 0 spiro atoms. The quantitative estimate of drug-likeness (QED) is 0.729. The number of ether oxygens (including phenoxy) is 1. The lowest BCUT2D eigenvalue weighted by molar-refractivity contribution is -0.128. The Balaban J connectivity index is 2.08. The van der Waals surface area contributed by atoms with Crippen molar-refractivity contribution in [1.82, 2.24) is 10.6 Å². The highest BCUT2D eigenvalue weighted by Gasteiger charge is 2.21. The molecule has 0 aliphatic heterocycles. The van der Waals surface area contributed by atoms with E-state index < -0.39 is 0 Å². The Hall–Kier alpha value is -0.610. The number of hydrogen-bond acceptors (Lipinski definition) is 3. The molecule has 0 aromatic rings. The first-order valence-corrected chi connectivity index (χ1v) is 7.23. The molecular formula is C14H28N2O2. The third-order valence-corrected chi connectivity index (χ3v) is 3.32. The molecule has 1 fully saturated rings. The zero-order valence-electron chi connectivity index (χ0n) is 12.0. The summed E-state index contributed by atoms with van der Waals surface area (Å²) in [6.45, 7) is 8.29. The van der Waals surface area contributed by atoms with Crippen LogP contribution in [0, 0.1) is 5.92 Å². The molecule has 1 aliphatic rings. The van der Waals surface area contributed by atoms with Crippen LogP contribution in [0.5, 0.6) is 0 Å². The first-order chi connectivity index (χ1) is 8.61. The van der Waals surface area contributed by atoms with Crippen molar-refractivity contribution in [1.29, 1.82) is 0 Å². The van der Waals surface area contributed by atoms with Crippen LogP contribution in [0.4, 0.5) is 0 Å². The van der Waals surface area contributed by atoms with E-state index in [1.165, 1.54) is 0 Å². The fraction of sp³-hybridized carbons (Fsp3) is 0.929. The van der Waals surface area contributed by atoms with Crippen LogP contribution < -0.4 is 10.6 Å². The van der Waals surface area contributed by atoms with Crippen molar-refractivity contribution in [2.45, 2.75) is 58.6 Å². The third-order valence-electron chi connectivity index (χ3n) is 3.32. The van der Waals surface area contributed by atoms with E-state index in [9.17, 15) is 4.79 Å². The Labute approximate surface area is 111 Å².